The Hall–Kier alpha value is -0.450. The molecule has 6 nitrogen and oxygen atoms in total. The molecule has 6 rings (SSSR count). The topological polar surface area (TPSA) is 88.4 Å². The molecule has 0 bridgehead atoms. The lowest BCUT2D eigenvalue weighted by Crippen LogP contribution is -2.48. The van der Waals surface area contributed by atoms with Crippen LogP contribution in [0.15, 0.2) is 0 Å². The molecule has 0 aromatic carbocycles. The Morgan fingerprint density at radius 3 is 1.17 bits per heavy atom. The first kappa shape index (κ1) is 66.6. The highest BCUT2D eigenvalue weighted by Gasteiger charge is 2.52. The first-order valence-corrected chi connectivity index (χ1v) is 27.5. The molecule has 0 amide bonds. The highest BCUT2D eigenvalue weighted by Crippen LogP contribution is 2.53. The van der Waals surface area contributed by atoms with Gasteiger partial charge in [-0.1, -0.05) is 83.1 Å². The van der Waals surface area contributed by atoms with Crippen LogP contribution in [-0.4, -0.2) is 85.8 Å². The van der Waals surface area contributed by atoms with Crippen molar-refractivity contribution in [1.82, 2.24) is 0 Å². The molecule has 3 atom stereocenters. The Morgan fingerprint density at radius 2 is 0.884 bits per heavy atom. The van der Waals surface area contributed by atoms with Crippen molar-refractivity contribution in [3.63, 3.8) is 0 Å². The Morgan fingerprint density at radius 1 is 0.507 bits per heavy atom. The van der Waals surface area contributed by atoms with Crippen molar-refractivity contribution in [3.8, 4) is 0 Å². The van der Waals surface area contributed by atoms with Crippen LogP contribution < -0.4 is 0 Å². The third-order valence-electron chi connectivity index (χ3n) is 16.0. The molecule has 9 heteroatoms. The lowest BCUT2D eigenvalue weighted by Gasteiger charge is -2.46. The number of hydrogen-bond donors (Lipinski definition) is 3. The van der Waals surface area contributed by atoms with Gasteiger partial charge >= 0.3 is 0 Å². The second kappa shape index (κ2) is 24.0. The van der Waals surface area contributed by atoms with Crippen molar-refractivity contribution in [2.45, 2.75) is 333 Å². The fraction of sp³-hybridized carbons (Fsp3) is 1.00. The molecule has 0 heterocycles. The first-order valence-electron chi connectivity index (χ1n) is 27.5. The van der Waals surface area contributed by atoms with E-state index in [0.29, 0.717) is 57.0 Å². The van der Waals surface area contributed by atoms with Gasteiger partial charge in [-0.2, -0.15) is 0 Å². The highest BCUT2D eigenvalue weighted by molar-refractivity contribution is 5.01. The molecule has 0 saturated heterocycles. The molecule has 0 aromatic rings. The second-order valence-electron chi connectivity index (χ2n) is 30.7. The highest BCUT2D eigenvalue weighted by atomic mass is 19.2. The maximum absolute atomic E-state index is 13.5. The van der Waals surface area contributed by atoms with Gasteiger partial charge in [-0.05, 0) is 225 Å². The summed E-state index contributed by atoms with van der Waals surface area (Å²) in [5, 5.41) is 30.4. The summed E-state index contributed by atoms with van der Waals surface area (Å²) < 4.78 is 56.8. The number of alkyl halides is 3. The average Bonchev–Trinajstić information content (AvgIpc) is 4.12. The summed E-state index contributed by atoms with van der Waals surface area (Å²) in [7, 11) is 0. The lowest BCUT2D eigenvalue weighted by molar-refractivity contribution is -0.109. The van der Waals surface area contributed by atoms with Crippen molar-refractivity contribution >= 4 is 0 Å². The van der Waals surface area contributed by atoms with Gasteiger partial charge in [0.25, 0.3) is 0 Å². The van der Waals surface area contributed by atoms with Gasteiger partial charge in [0.1, 0.15) is 17.0 Å². The van der Waals surface area contributed by atoms with Crippen LogP contribution in [0, 0.1) is 38.9 Å². The van der Waals surface area contributed by atoms with Gasteiger partial charge < -0.3 is 29.5 Å². The molecule has 6 aliphatic rings. The van der Waals surface area contributed by atoms with Gasteiger partial charge in [0.2, 0.25) is 0 Å². The predicted molar refractivity (Wildman–Crippen MR) is 286 cm³/mol. The molecule has 6 aliphatic carbocycles. The van der Waals surface area contributed by atoms with Crippen LogP contribution in [0.3, 0.4) is 0 Å². The van der Waals surface area contributed by atoms with Crippen molar-refractivity contribution in [1.29, 1.82) is 0 Å². The molecule has 6 fully saturated rings. The third kappa shape index (κ3) is 26.6. The van der Waals surface area contributed by atoms with E-state index in [1.165, 1.54) is 38.5 Å². The molecule has 0 aliphatic heterocycles. The molecule has 3 N–H and O–H groups in total. The normalized spacial score (nSPS) is 34.4. The van der Waals surface area contributed by atoms with Crippen LogP contribution in [0.5, 0.6) is 0 Å². The second-order valence-corrected chi connectivity index (χ2v) is 30.7. The van der Waals surface area contributed by atoms with Gasteiger partial charge in [0.15, 0.2) is 0 Å². The molecule has 0 aromatic heterocycles. The van der Waals surface area contributed by atoms with E-state index >= 15 is 0 Å². The van der Waals surface area contributed by atoms with Crippen LogP contribution in [0.2, 0.25) is 0 Å². The van der Waals surface area contributed by atoms with E-state index in [2.05, 4.69) is 104 Å². The molecule has 69 heavy (non-hydrogen) atoms. The molecular weight excluding hydrogens is 874 g/mol. The minimum atomic E-state index is -1.06. The zero-order valence-corrected chi connectivity index (χ0v) is 49.9. The summed E-state index contributed by atoms with van der Waals surface area (Å²) in [5.41, 5.74) is -3.43. The van der Waals surface area contributed by atoms with Crippen molar-refractivity contribution < 1.29 is 42.7 Å². The SMILES string of the molecule is CC(C)(C)C(O)C1(C)CC1.CC(C)(C)OCC1CC1(C)F.CC1(COC(C)(C)C)CC1.CC1(F)CCC(O)(C(C)(C)C)CC1.CC1(F)CCC(OC(C)(C)C)CC1.CC1CCC(O)(C(C)(C)C)CC1. The van der Waals surface area contributed by atoms with E-state index in [0.717, 1.165) is 38.2 Å². The lowest BCUT2D eigenvalue weighted by atomic mass is 9.66. The predicted octanol–water partition coefficient (Wildman–Crippen LogP) is 16.9. The minimum Gasteiger partial charge on any atom is -0.392 e. The van der Waals surface area contributed by atoms with E-state index < -0.39 is 28.2 Å². The maximum atomic E-state index is 13.5. The summed E-state index contributed by atoms with van der Waals surface area (Å²) in [6.07, 6.45) is 15.4. The Bertz CT molecular complexity index is 1450. The Balaban J connectivity index is 0.000000415. The number of halogens is 3. The summed E-state index contributed by atoms with van der Waals surface area (Å²) >= 11 is 0. The van der Waals surface area contributed by atoms with Crippen molar-refractivity contribution in [2.24, 2.45) is 38.9 Å². The third-order valence-corrected chi connectivity index (χ3v) is 16.0. The summed E-state index contributed by atoms with van der Waals surface area (Å²) in [6.45, 7) is 50.5. The molecule has 0 radical (unpaired) electrons. The minimum absolute atomic E-state index is 0.0472. The van der Waals surface area contributed by atoms with E-state index in [9.17, 15) is 28.5 Å². The van der Waals surface area contributed by atoms with Crippen LogP contribution >= 0.6 is 0 Å². The number of ether oxygens (including phenoxy) is 3. The molecule has 3 unspecified atom stereocenters. The number of rotatable bonds is 6. The average molecular weight is 992 g/mol. The van der Waals surface area contributed by atoms with E-state index in [4.69, 9.17) is 14.2 Å². The number of hydrogen-bond acceptors (Lipinski definition) is 6. The molecule has 0 spiro atoms. The van der Waals surface area contributed by atoms with Crippen molar-refractivity contribution in [3.05, 3.63) is 0 Å². The van der Waals surface area contributed by atoms with Crippen LogP contribution in [0.1, 0.15) is 275 Å². The standard InChI is InChI=1S/2C11H21FO.C11H22O.C9H17FO.2C9H18O/c1-10(2,3)13-9-5-7-11(4,12)8-6-9;1-9(2,3)11(13)7-5-10(4,12)6-8-11;1-9-5-7-11(12,8-6-9)10(2,3)4;1-8(2,3)11-6-7-5-9(7,4)10;1-8(2,3)10-7-9(4)5-6-9;1-8(2,3)7(10)9(4)5-6-9/h9H,5-8H2,1-4H3;13H,5-8H2,1-4H3;9,12H,5-8H2,1-4H3;7H,5-6H2,1-4H3;5-7H2,1-4H3;7,10H,5-6H2,1-4H3. The van der Waals surface area contributed by atoms with Gasteiger partial charge in [-0.25, -0.2) is 13.2 Å². The van der Waals surface area contributed by atoms with Gasteiger partial charge in [0.05, 0.1) is 53.4 Å². The summed E-state index contributed by atoms with van der Waals surface area (Å²) in [5.74, 6) is 0.953. The summed E-state index contributed by atoms with van der Waals surface area (Å²) in [4.78, 5) is 0. The fourth-order valence-corrected chi connectivity index (χ4v) is 9.01. The van der Waals surface area contributed by atoms with Gasteiger partial charge in [0, 0.05) is 5.92 Å². The first-order chi connectivity index (χ1) is 30.4. The Labute approximate surface area is 425 Å². The van der Waals surface area contributed by atoms with Crippen LogP contribution in [0.4, 0.5) is 13.2 Å². The van der Waals surface area contributed by atoms with E-state index in [1.54, 1.807) is 20.8 Å². The molecule has 414 valence electrons. The van der Waals surface area contributed by atoms with Crippen LogP contribution in [0.25, 0.3) is 0 Å². The molecular formula is C60H117F3O6. The Kier molecular flexibility index (Phi) is 23.2. The quantitative estimate of drug-likeness (QED) is 0.246. The maximum Gasteiger partial charge on any atom is 0.113 e. The molecule has 6 saturated carbocycles. The van der Waals surface area contributed by atoms with Crippen molar-refractivity contribution in [2.75, 3.05) is 13.2 Å². The zero-order chi connectivity index (χ0) is 54.4. The monoisotopic (exact) mass is 991 g/mol. The van der Waals surface area contributed by atoms with Gasteiger partial charge in [-0.15, -0.1) is 0 Å². The van der Waals surface area contributed by atoms with Crippen LogP contribution in [-0.2, 0) is 14.2 Å². The largest absolute Gasteiger partial charge is 0.392 e. The zero-order valence-electron chi connectivity index (χ0n) is 49.9. The van der Waals surface area contributed by atoms with E-state index in [1.807, 2.05) is 41.5 Å². The fourth-order valence-electron chi connectivity index (χ4n) is 9.01. The number of aliphatic hydroxyl groups excluding tert-OH is 1. The smallest absolute Gasteiger partial charge is 0.113 e. The number of aliphatic hydroxyl groups is 3. The van der Waals surface area contributed by atoms with Gasteiger partial charge in [-0.3, -0.25) is 0 Å². The van der Waals surface area contributed by atoms with E-state index in [-0.39, 0.29) is 56.6 Å². The summed E-state index contributed by atoms with van der Waals surface area (Å²) in [6, 6.07) is 0.